The quantitative estimate of drug-likeness (QED) is 0.176. The Morgan fingerprint density at radius 1 is 0.188 bits per heavy atom. The van der Waals surface area contributed by atoms with E-state index in [-0.39, 0.29) is 0 Å². The van der Waals surface area contributed by atoms with Gasteiger partial charge in [0.15, 0.2) is 0 Å². The molecule has 0 heteroatoms. The summed E-state index contributed by atoms with van der Waals surface area (Å²) in [5.41, 5.74) is 7.51. The van der Waals surface area contributed by atoms with E-state index in [1.165, 1.54) is 98.0 Å². The monoisotopic (exact) mass is 606 g/mol. The van der Waals surface area contributed by atoms with Crippen LogP contribution in [0.1, 0.15) is 0 Å². The van der Waals surface area contributed by atoms with Crippen molar-refractivity contribution in [1.82, 2.24) is 0 Å². The van der Waals surface area contributed by atoms with Gasteiger partial charge in [-0.05, 0) is 98.0 Å². The van der Waals surface area contributed by atoms with Crippen LogP contribution in [0.15, 0.2) is 182 Å². The molecule has 0 spiro atoms. The Kier molecular flexibility index (Phi) is 5.98. The molecule has 0 aromatic heterocycles. The molecule has 0 heterocycles. The average Bonchev–Trinajstić information content (AvgIpc) is 3.16. The van der Waals surface area contributed by atoms with E-state index in [2.05, 4.69) is 182 Å². The predicted molar refractivity (Wildman–Crippen MR) is 208 cm³/mol. The van der Waals surface area contributed by atoms with Crippen molar-refractivity contribution in [3.63, 3.8) is 0 Å². The predicted octanol–water partition coefficient (Wildman–Crippen LogP) is 13.6. The first-order valence-electron chi connectivity index (χ1n) is 16.7. The second-order valence-corrected chi connectivity index (χ2v) is 12.8. The topological polar surface area (TPSA) is 0 Å². The van der Waals surface area contributed by atoms with Gasteiger partial charge in [0, 0.05) is 0 Å². The minimum absolute atomic E-state index is 1.22. The Balaban J connectivity index is 1.38. The molecule has 0 atom stereocenters. The normalized spacial score (nSPS) is 11.8. The first-order valence-corrected chi connectivity index (χ1v) is 16.7. The van der Waals surface area contributed by atoms with Crippen LogP contribution in [0, 0.1) is 0 Å². The van der Waals surface area contributed by atoms with Gasteiger partial charge in [-0.3, -0.25) is 0 Å². The molecule has 0 aliphatic carbocycles. The minimum Gasteiger partial charge on any atom is -0.0622 e. The van der Waals surface area contributed by atoms with Crippen LogP contribution in [0.5, 0.6) is 0 Å². The summed E-state index contributed by atoms with van der Waals surface area (Å²) in [5, 5.41) is 15.3. The molecule has 10 rings (SSSR count). The first kappa shape index (κ1) is 26.9. The molecule has 222 valence electrons. The molecule has 0 bridgehead atoms. The van der Waals surface area contributed by atoms with Crippen molar-refractivity contribution in [2.24, 2.45) is 0 Å². The van der Waals surface area contributed by atoms with Gasteiger partial charge in [0.2, 0.25) is 0 Å². The minimum atomic E-state index is 1.22. The number of hydrogen-bond donors (Lipinski definition) is 0. The maximum atomic E-state index is 2.37. The highest BCUT2D eigenvalue weighted by Gasteiger charge is 2.21. The smallest absolute Gasteiger partial charge is 0.00141 e. The van der Waals surface area contributed by atoms with Crippen molar-refractivity contribution in [3.05, 3.63) is 182 Å². The third-order valence-corrected chi connectivity index (χ3v) is 10.3. The molecular formula is C48H30. The molecule has 0 fully saturated rings. The third-order valence-electron chi connectivity index (χ3n) is 10.3. The molecule has 0 amide bonds. The summed E-state index contributed by atoms with van der Waals surface area (Å²) < 4.78 is 0. The number of fused-ring (bicyclic) bond motifs is 9. The van der Waals surface area contributed by atoms with Gasteiger partial charge in [-0.15, -0.1) is 0 Å². The zero-order valence-electron chi connectivity index (χ0n) is 26.3. The molecule has 0 nitrogen and oxygen atoms in total. The van der Waals surface area contributed by atoms with Crippen LogP contribution in [0.2, 0.25) is 0 Å². The zero-order chi connectivity index (χ0) is 31.6. The molecule has 10 aromatic rings. The van der Waals surface area contributed by atoms with E-state index < -0.39 is 0 Å². The zero-order valence-corrected chi connectivity index (χ0v) is 26.3. The van der Waals surface area contributed by atoms with Crippen LogP contribution in [0.3, 0.4) is 0 Å². The molecule has 0 saturated carbocycles. The summed E-state index contributed by atoms with van der Waals surface area (Å²) in [6.07, 6.45) is 0. The summed E-state index contributed by atoms with van der Waals surface area (Å²) in [7, 11) is 0. The van der Waals surface area contributed by atoms with Gasteiger partial charge in [0.25, 0.3) is 0 Å². The van der Waals surface area contributed by atoms with Crippen LogP contribution >= 0.6 is 0 Å². The van der Waals surface area contributed by atoms with E-state index in [0.717, 1.165) is 0 Å². The van der Waals surface area contributed by atoms with Gasteiger partial charge >= 0.3 is 0 Å². The van der Waals surface area contributed by atoms with Gasteiger partial charge < -0.3 is 0 Å². The lowest BCUT2D eigenvalue weighted by Gasteiger charge is -2.21. The van der Waals surface area contributed by atoms with Gasteiger partial charge in [-0.25, -0.2) is 0 Å². The standard InChI is InChI=1S/C48H30/c1-2-11-31(12-3-1)38-27-28-44-43-25-22-33-14-5-8-17-36(33)41(43)29-30-46(44)48(38)47-37-18-9-6-15-34(37)23-26-45(47)40-20-10-19-39-35-16-7-4-13-32(35)21-24-42(39)40/h1-30H. The highest BCUT2D eigenvalue weighted by molar-refractivity contribution is 6.24. The molecule has 0 unspecified atom stereocenters. The van der Waals surface area contributed by atoms with Crippen LogP contribution in [0.25, 0.3) is 98.0 Å². The van der Waals surface area contributed by atoms with Crippen molar-refractivity contribution < 1.29 is 0 Å². The molecule has 0 radical (unpaired) electrons. The number of benzene rings is 10. The average molecular weight is 607 g/mol. The van der Waals surface area contributed by atoms with Gasteiger partial charge in [-0.1, -0.05) is 182 Å². The Morgan fingerprint density at radius 3 is 1.38 bits per heavy atom. The molecular weight excluding hydrogens is 577 g/mol. The lowest BCUT2D eigenvalue weighted by molar-refractivity contribution is 1.62. The molecule has 48 heavy (non-hydrogen) atoms. The van der Waals surface area contributed by atoms with Crippen LogP contribution in [0.4, 0.5) is 0 Å². The number of rotatable bonds is 3. The van der Waals surface area contributed by atoms with E-state index in [0.29, 0.717) is 0 Å². The first-order chi connectivity index (χ1) is 23.8. The lowest BCUT2D eigenvalue weighted by Crippen LogP contribution is -1.94. The Hall–Kier alpha value is -6.24. The summed E-state index contributed by atoms with van der Waals surface area (Å²) in [6, 6.07) is 67.2. The molecule has 10 aromatic carbocycles. The van der Waals surface area contributed by atoms with Crippen molar-refractivity contribution in [2.75, 3.05) is 0 Å². The lowest BCUT2D eigenvalue weighted by atomic mass is 9.81. The highest BCUT2D eigenvalue weighted by Crippen LogP contribution is 2.48. The molecule has 0 N–H and O–H groups in total. The van der Waals surface area contributed by atoms with Crippen LogP contribution in [-0.2, 0) is 0 Å². The molecule has 0 saturated heterocycles. The summed E-state index contributed by atoms with van der Waals surface area (Å²) in [6.45, 7) is 0. The van der Waals surface area contributed by atoms with Gasteiger partial charge in [-0.2, -0.15) is 0 Å². The Labute approximate surface area is 279 Å². The van der Waals surface area contributed by atoms with Gasteiger partial charge in [0.1, 0.15) is 0 Å². The van der Waals surface area contributed by atoms with E-state index in [1.807, 2.05) is 0 Å². The SMILES string of the molecule is c1ccc(-c2ccc3c(ccc4c5ccccc5ccc34)c2-c2c(-c3cccc4c3ccc3ccccc34)ccc3ccccc23)cc1. The Bertz CT molecular complexity index is 2880. The van der Waals surface area contributed by atoms with E-state index in [1.54, 1.807) is 0 Å². The van der Waals surface area contributed by atoms with Crippen molar-refractivity contribution in [3.8, 4) is 33.4 Å². The van der Waals surface area contributed by atoms with E-state index in [4.69, 9.17) is 0 Å². The fourth-order valence-corrected chi connectivity index (χ4v) is 8.07. The molecule has 0 aliphatic heterocycles. The maximum absolute atomic E-state index is 2.37. The molecule has 0 aliphatic rings. The largest absolute Gasteiger partial charge is 0.0622 e. The second kappa shape index (κ2) is 10.7. The summed E-state index contributed by atoms with van der Waals surface area (Å²) in [4.78, 5) is 0. The van der Waals surface area contributed by atoms with Gasteiger partial charge in [0.05, 0.1) is 0 Å². The fraction of sp³-hybridized carbons (Fsp3) is 0. The van der Waals surface area contributed by atoms with E-state index in [9.17, 15) is 0 Å². The van der Waals surface area contributed by atoms with Crippen molar-refractivity contribution in [1.29, 1.82) is 0 Å². The van der Waals surface area contributed by atoms with Crippen LogP contribution in [-0.4, -0.2) is 0 Å². The maximum Gasteiger partial charge on any atom is -0.00141 e. The van der Waals surface area contributed by atoms with Crippen molar-refractivity contribution >= 4 is 64.6 Å². The number of hydrogen-bond acceptors (Lipinski definition) is 0. The third kappa shape index (κ3) is 4.03. The second-order valence-electron chi connectivity index (χ2n) is 12.8. The summed E-state index contributed by atoms with van der Waals surface area (Å²) in [5.74, 6) is 0. The van der Waals surface area contributed by atoms with E-state index >= 15 is 0 Å². The van der Waals surface area contributed by atoms with Crippen LogP contribution < -0.4 is 0 Å². The highest BCUT2D eigenvalue weighted by atomic mass is 14.2. The fourth-order valence-electron chi connectivity index (χ4n) is 8.07. The Morgan fingerprint density at radius 2 is 0.625 bits per heavy atom. The summed E-state index contributed by atoms with van der Waals surface area (Å²) >= 11 is 0. The van der Waals surface area contributed by atoms with Crippen molar-refractivity contribution in [2.45, 2.75) is 0 Å².